The Labute approximate surface area is 96.4 Å². The second-order valence-electron chi connectivity index (χ2n) is 4.37. The number of nitrogens with one attached hydrogen (secondary N) is 1. The molecule has 88 valence electrons. The first-order valence-corrected chi connectivity index (χ1v) is 5.94. The van der Waals surface area contributed by atoms with Gasteiger partial charge in [0.1, 0.15) is 12.1 Å². The molecule has 1 aromatic rings. The molecule has 1 aliphatic carbocycles. The van der Waals surface area contributed by atoms with Crippen LogP contribution in [-0.4, -0.2) is 23.1 Å². The Morgan fingerprint density at radius 2 is 2.31 bits per heavy atom. The predicted molar refractivity (Wildman–Crippen MR) is 63.6 cm³/mol. The molecule has 1 aromatic heterocycles. The van der Waals surface area contributed by atoms with Crippen molar-refractivity contribution in [3.8, 4) is 5.88 Å². The van der Waals surface area contributed by atoms with Crippen molar-refractivity contribution in [2.75, 3.05) is 12.4 Å². The highest BCUT2D eigenvalue weighted by Crippen LogP contribution is 2.34. The van der Waals surface area contributed by atoms with Crippen LogP contribution >= 0.6 is 0 Å². The minimum atomic E-state index is 0.520. The molecule has 0 saturated heterocycles. The molecule has 2 rings (SSSR count). The van der Waals surface area contributed by atoms with E-state index in [1.54, 1.807) is 7.11 Å². The fourth-order valence-electron chi connectivity index (χ4n) is 1.82. The Kier molecular flexibility index (Phi) is 3.59. The molecule has 4 nitrogen and oxygen atoms in total. The van der Waals surface area contributed by atoms with Crippen LogP contribution in [0.25, 0.3) is 0 Å². The van der Waals surface area contributed by atoms with Crippen molar-refractivity contribution in [3.63, 3.8) is 0 Å². The summed E-state index contributed by atoms with van der Waals surface area (Å²) in [6.45, 7) is 2.21. The lowest BCUT2D eigenvalue weighted by Crippen LogP contribution is -2.19. The van der Waals surface area contributed by atoms with Gasteiger partial charge in [0.15, 0.2) is 0 Å². The summed E-state index contributed by atoms with van der Waals surface area (Å²) in [4.78, 5) is 8.19. The van der Waals surface area contributed by atoms with E-state index in [-0.39, 0.29) is 0 Å². The molecule has 1 aliphatic rings. The Morgan fingerprint density at radius 3 is 2.94 bits per heavy atom. The van der Waals surface area contributed by atoms with Crippen LogP contribution in [0.4, 0.5) is 5.82 Å². The molecule has 1 saturated carbocycles. The Morgan fingerprint density at radius 1 is 1.50 bits per heavy atom. The highest BCUT2D eigenvalue weighted by molar-refractivity contribution is 5.38. The number of anilines is 1. The highest BCUT2D eigenvalue weighted by atomic mass is 16.5. The van der Waals surface area contributed by atoms with Crippen molar-refractivity contribution in [1.82, 2.24) is 9.97 Å². The SMILES string of the molecule is CCC(CC1CC1)Nc1cc(OC)ncn1. The molecule has 1 fully saturated rings. The maximum Gasteiger partial charge on any atom is 0.218 e. The van der Waals surface area contributed by atoms with Crippen molar-refractivity contribution in [2.45, 2.75) is 38.6 Å². The van der Waals surface area contributed by atoms with Crippen molar-refractivity contribution in [1.29, 1.82) is 0 Å². The van der Waals surface area contributed by atoms with Gasteiger partial charge in [-0.2, -0.15) is 0 Å². The lowest BCUT2D eigenvalue weighted by atomic mass is 10.1. The topological polar surface area (TPSA) is 47.0 Å². The molecule has 0 aromatic carbocycles. The minimum Gasteiger partial charge on any atom is -0.481 e. The fourth-order valence-corrected chi connectivity index (χ4v) is 1.82. The molecule has 1 atom stereocenters. The van der Waals surface area contributed by atoms with Gasteiger partial charge in [-0.3, -0.25) is 0 Å². The molecule has 1 heterocycles. The van der Waals surface area contributed by atoms with Gasteiger partial charge in [0, 0.05) is 12.1 Å². The number of ether oxygens (including phenoxy) is 1. The van der Waals surface area contributed by atoms with Crippen LogP contribution < -0.4 is 10.1 Å². The van der Waals surface area contributed by atoms with E-state index in [1.807, 2.05) is 6.07 Å². The smallest absolute Gasteiger partial charge is 0.218 e. The van der Waals surface area contributed by atoms with Gasteiger partial charge in [-0.05, 0) is 18.8 Å². The molecule has 4 heteroatoms. The summed E-state index contributed by atoms with van der Waals surface area (Å²) in [6, 6.07) is 2.36. The first-order chi connectivity index (χ1) is 7.81. The summed E-state index contributed by atoms with van der Waals surface area (Å²) in [5.41, 5.74) is 0. The number of hydrogen-bond donors (Lipinski definition) is 1. The molecule has 0 bridgehead atoms. The predicted octanol–water partition coefficient (Wildman–Crippen LogP) is 2.48. The number of hydrogen-bond acceptors (Lipinski definition) is 4. The van der Waals surface area contributed by atoms with E-state index in [9.17, 15) is 0 Å². The summed E-state index contributed by atoms with van der Waals surface area (Å²) in [5, 5.41) is 3.44. The lowest BCUT2D eigenvalue weighted by Gasteiger charge is -2.17. The molecule has 0 radical (unpaired) electrons. The van der Waals surface area contributed by atoms with Gasteiger partial charge in [0.2, 0.25) is 5.88 Å². The Hall–Kier alpha value is -1.32. The third kappa shape index (κ3) is 3.08. The fraction of sp³-hybridized carbons (Fsp3) is 0.667. The molecule has 0 spiro atoms. The van der Waals surface area contributed by atoms with Crippen LogP contribution in [-0.2, 0) is 0 Å². The molecule has 1 unspecified atom stereocenters. The first kappa shape index (κ1) is 11.2. The molecular formula is C12H19N3O. The molecule has 0 aliphatic heterocycles. The van der Waals surface area contributed by atoms with Gasteiger partial charge in [-0.15, -0.1) is 0 Å². The summed E-state index contributed by atoms with van der Waals surface area (Å²) in [5.74, 6) is 2.40. The monoisotopic (exact) mass is 221 g/mol. The van der Waals surface area contributed by atoms with Crippen molar-refractivity contribution < 1.29 is 4.74 Å². The van der Waals surface area contributed by atoms with Crippen LogP contribution in [0.15, 0.2) is 12.4 Å². The second-order valence-corrected chi connectivity index (χ2v) is 4.37. The molecule has 16 heavy (non-hydrogen) atoms. The van der Waals surface area contributed by atoms with Crippen molar-refractivity contribution >= 4 is 5.82 Å². The van der Waals surface area contributed by atoms with Gasteiger partial charge in [-0.25, -0.2) is 9.97 Å². The number of rotatable bonds is 6. The average molecular weight is 221 g/mol. The minimum absolute atomic E-state index is 0.520. The quantitative estimate of drug-likeness (QED) is 0.801. The van der Waals surface area contributed by atoms with Crippen molar-refractivity contribution in [2.24, 2.45) is 5.92 Å². The van der Waals surface area contributed by atoms with E-state index >= 15 is 0 Å². The number of aromatic nitrogens is 2. The van der Waals surface area contributed by atoms with E-state index in [1.165, 1.54) is 25.6 Å². The van der Waals surface area contributed by atoms with Crippen molar-refractivity contribution in [3.05, 3.63) is 12.4 Å². The third-order valence-corrected chi connectivity index (χ3v) is 3.01. The lowest BCUT2D eigenvalue weighted by molar-refractivity contribution is 0.397. The summed E-state index contributed by atoms with van der Waals surface area (Å²) in [6.07, 6.45) is 6.70. The zero-order chi connectivity index (χ0) is 11.4. The third-order valence-electron chi connectivity index (χ3n) is 3.01. The standard InChI is InChI=1S/C12H19N3O/c1-3-10(6-9-4-5-9)15-11-7-12(16-2)14-8-13-11/h7-10H,3-6H2,1-2H3,(H,13,14,15). The van der Waals surface area contributed by atoms with Crippen LogP contribution in [0.2, 0.25) is 0 Å². The maximum absolute atomic E-state index is 5.07. The molecule has 0 amide bonds. The van der Waals surface area contributed by atoms with Gasteiger partial charge in [-0.1, -0.05) is 19.8 Å². The van der Waals surface area contributed by atoms with E-state index in [4.69, 9.17) is 4.74 Å². The average Bonchev–Trinajstić information content (AvgIpc) is 3.12. The van der Waals surface area contributed by atoms with E-state index < -0.39 is 0 Å². The van der Waals surface area contributed by atoms with Gasteiger partial charge < -0.3 is 10.1 Å². The summed E-state index contributed by atoms with van der Waals surface area (Å²) >= 11 is 0. The number of methoxy groups -OCH3 is 1. The second kappa shape index (κ2) is 5.14. The van der Waals surface area contributed by atoms with Crippen LogP contribution in [0.1, 0.15) is 32.6 Å². The van der Waals surface area contributed by atoms with E-state index in [2.05, 4.69) is 22.2 Å². The van der Waals surface area contributed by atoms with E-state index in [0.717, 1.165) is 18.2 Å². The van der Waals surface area contributed by atoms with Gasteiger partial charge in [0.05, 0.1) is 7.11 Å². The van der Waals surface area contributed by atoms with E-state index in [0.29, 0.717) is 11.9 Å². The Balaban J connectivity index is 1.94. The summed E-state index contributed by atoms with van der Waals surface area (Å²) < 4.78 is 5.07. The van der Waals surface area contributed by atoms with Crippen LogP contribution in [0.3, 0.4) is 0 Å². The zero-order valence-corrected chi connectivity index (χ0v) is 9.94. The van der Waals surface area contributed by atoms with Gasteiger partial charge >= 0.3 is 0 Å². The molecular weight excluding hydrogens is 202 g/mol. The Bertz CT molecular complexity index is 339. The normalized spacial score (nSPS) is 16.9. The van der Waals surface area contributed by atoms with Crippen LogP contribution in [0.5, 0.6) is 5.88 Å². The first-order valence-electron chi connectivity index (χ1n) is 5.94. The highest BCUT2D eigenvalue weighted by Gasteiger charge is 2.24. The maximum atomic E-state index is 5.07. The zero-order valence-electron chi connectivity index (χ0n) is 9.94. The molecule has 1 N–H and O–H groups in total. The number of nitrogens with zero attached hydrogens (tertiary/aromatic N) is 2. The largest absolute Gasteiger partial charge is 0.481 e. The van der Waals surface area contributed by atoms with Crippen LogP contribution in [0, 0.1) is 5.92 Å². The van der Waals surface area contributed by atoms with Gasteiger partial charge in [0.25, 0.3) is 0 Å². The summed E-state index contributed by atoms with van der Waals surface area (Å²) in [7, 11) is 1.62.